The molecule has 1 fully saturated rings. The monoisotopic (exact) mass is 428 g/mol. The van der Waals surface area contributed by atoms with Gasteiger partial charge in [0, 0.05) is 32.0 Å². The van der Waals surface area contributed by atoms with Crippen LogP contribution in [0.3, 0.4) is 0 Å². The SMILES string of the molecule is CC#CCOc1ccc(S(=O)(=O)C2(C(=O)O)CCN(Cc3cccnc3)CC2)cc1. The fourth-order valence-corrected chi connectivity index (χ4v) is 5.45. The molecule has 1 N–H and O–H groups in total. The predicted octanol–water partition coefficient (Wildman–Crippen LogP) is 2.38. The molecule has 0 amide bonds. The Morgan fingerprint density at radius 3 is 2.50 bits per heavy atom. The lowest BCUT2D eigenvalue weighted by Crippen LogP contribution is -2.54. The summed E-state index contributed by atoms with van der Waals surface area (Å²) in [6.45, 7) is 3.26. The lowest BCUT2D eigenvalue weighted by molar-refractivity contribution is -0.141. The summed E-state index contributed by atoms with van der Waals surface area (Å²) in [7, 11) is -4.08. The molecule has 1 aliphatic heterocycles. The molecule has 0 unspecified atom stereocenters. The molecule has 1 saturated heterocycles. The number of nitrogens with zero attached hydrogens (tertiary/aromatic N) is 2. The molecule has 1 aromatic heterocycles. The Labute approximate surface area is 176 Å². The molecule has 2 aromatic rings. The third-order valence-electron chi connectivity index (χ3n) is 5.32. The van der Waals surface area contributed by atoms with Crippen molar-refractivity contribution in [2.75, 3.05) is 19.7 Å². The summed E-state index contributed by atoms with van der Waals surface area (Å²) in [5, 5.41) is 9.91. The third-order valence-corrected chi connectivity index (χ3v) is 7.82. The van der Waals surface area contributed by atoms with Gasteiger partial charge < -0.3 is 9.84 Å². The third kappa shape index (κ3) is 4.48. The molecule has 0 bridgehead atoms. The highest BCUT2D eigenvalue weighted by Crippen LogP contribution is 2.36. The highest BCUT2D eigenvalue weighted by Gasteiger charge is 2.53. The van der Waals surface area contributed by atoms with Crippen LogP contribution in [0, 0.1) is 11.8 Å². The maximum Gasteiger partial charge on any atom is 0.325 e. The lowest BCUT2D eigenvalue weighted by Gasteiger charge is -2.38. The number of sulfone groups is 1. The van der Waals surface area contributed by atoms with Gasteiger partial charge >= 0.3 is 5.97 Å². The minimum atomic E-state index is -4.08. The molecule has 0 atom stereocenters. The molecule has 2 heterocycles. The number of hydrogen-bond acceptors (Lipinski definition) is 6. The van der Waals surface area contributed by atoms with Crippen LogP contribution in [0.1, 0.15) is 25.3 Å². The predicted molar refractivity (Wildman–Crippen MR) is 112 cm³/mol. The van der Waals surface area contributed by atoms with E-state index in [2.05, 4.69) is 21.7 Å². The van der Waals surface area contributed by atoms with Crippen LogP contribution in [0.2, 0.25) is 0 Å². The average Bonchev–Trinajstić information content (AvgIpc) is 2.75. The highest BCUT2D eigenvalue weighted by atomic mass is 32.2. The zero-order valence-electron chi connectivity index (χ0n) is 16.7. The molecule has 0 spiro atoms. The molecule has 3 rings (SSSR count). The number of carbonyl (C=O) groups is 1. The van der Waals surface area contributed by atoms with Gasteiger partial charge in [-0.15, -0.1) is 5.92 Å². The normalized spacial score (nSPS) is 16.3. The van der Waals surface area contributed by atoms with Crippen LogP contribution in [0.25, 0.3) is 0 Å². The van der Waals surface area contributed by atoms with Gasteiger partial charge in [0.05, 0.1) is 4.90 Å². The summed E-state index contributed by atoms with van der Waals surface area (Å²) in [5.74, 6) is 4.64. The van der Waals surface area contributed by atoms with Crippen molar-refractivity contribution in [3.63, 3.8) is 0 Å². The van der Waals surface area contributed by atoms with E-state index >= 15 is 0 Å². The minimum absolute atomic E-state index is 0.0143. The molecule has 1 aromatic carbocycles. The first-order valence-electron chi connectivity index (χ1n) is 9.61. The first kappa shape index (κ1) is 21.8. The molecule has 7 nitrogen and oxygen atoms in total. The van der Waals surface area contributed by atoms with Gasteiger partial charge in [0.2, 0.25) is 0 Å². The van der Waals surface area contributed by atoms with Crippen LogP contribution >= 0.6 is 0 Å². The number of piperidine rings is 1. The zero-order valence-corrected chi connectivity index (χ0v) is 17.6. The van der Waals surface area contributed by atoms with Crippen molar-refractivity contribution in [2.45, 2.75) is 36.0 Å². The topological polar surface area (TPSA) is 96.8 Å². The van der Waals surface area contributed by atoms with Crippen LogP contribution in [0.4, 0.5) is 0 Å². The van der Waals surface area contributed by atoms with Crippen molar-refractivity contribution in [3.05, 3.63) is 54.4 Å². The number of pyridine rings is 1. The Hall–Kier alpha value is -2.89. The number of carboxylic acid groups (broad SMARTS) is 1. The van der Waals surface area contributed by atoms with Crippen LogP contribution in [-0.2, 0) is 21.2 Å². The second kappa shape index (κ2) is 9.28. The van der Waals surface area contributed by atoms with E-state index in [1.165, 1.54) is 24.3 Å². The Balaban J connectivity index is 1.76. The highest BCUT2D eigenvalue weighted by molar-refractivity contribution is 7.93. The summed E-state index contributed by atoms with van der Waals surface area (Å²) < 4.78 is 30.2. The minimum Gasteiger partial charge on any atom is -0.481 e. The summed E-state index contributed by atoms with van der Waals surface area (Å²) in [4.78, 5) is 18.3. The number of rotatable bonds is 7. The van der Waals surface area contributed by atoms with Crippen molar-refractivity contribution in [2.24, 2.45) is 0 Å². The van der Waals surface area contributed by atoms with Crippen LogP contribution in [0.5, 0.6) is 5.75 Å². The number of likely N-dealkylation sites (tertiary alicyclic amines) is 1. The van der Waals surface area contributed by atoms with E-state index in [1.807, 2.05) is 12.1 Å². The molecule has 8 heteroatoms. The van der Waals surface area contributed by atoms with Crippen molar-refractivity contribution >= 4 is 15.8 Å². The van der Waals surface area contributed by atoms with Crippen LogP contribution < -0.4 is 4.74 Å². The fraction of sp³-hybridized carbons (Fsp3) is 0.364. The zero-order chi connectivity index (χ0) is 21.6. The van der Waals surface area contributed by atoms with Crippen molar-refractivity contribution in [3.8, 4) is 17.6 Å². The second-order valence-corrected chi connectivity index (χ2v) is 9.39. The summed E-state index contributed by atoms with van der Waals surface area (Å²) >= 11 is 0. The van der Waals surface area contributed by atoms with Crippen molar-refractivity contribution < 1.29 is 23.1 Å². The maximum atomic E-state index is 13.3. The van der Waals surface area contributed by atoms with E-state index in [0.717, 1.165) is 5.56 Å². The van der Waals surface area contributed by atoms with E-state index in [4.69, 9.17) is 4.74 Å². The number of benzene rings is 1. The van der Waals surface area contributed by atoms with Gasteiger partial charge in [-0.25, -0.2) is 8.42 Å². The lowest BCUT2D eigenvalue weighted by atomic mass is 9.95. The van der Waals surface area contributed by atoms with Crippen molar-refractivity contribution in [1.82, 2.24) is 9.88 Å². The number of ether oxygens (including phenoxy) is 1. The molecule has 30 heavy (non-hydrogen) atoms. The van der Waals surface area contributed by atoms with Crippen LogP contribution in [-0.4, -0.2) is 53.8 Å². The van der Waals surface area contributed by atoms with Gasteiger partial charge in [0.15, 0.2) is 14.6 Å². The molecule has 158 valence electrons. The molecule has 0 saturated carbocycles. The van der Waals surface area contributed by atoms with E-state index in [9.17, 15) is 18.3 Å². The summed E-state index contributed by atoms with van der Waals surface area (Å²) in [5.41, 5.74) is 1.01. The van der Waals surface area contributed by atoms with Gasteiger partial charge in [-0.05, 0) is 55.7 Å². The van der Waals surface area contributed by atoms with E-state index in [-0.39, 0.29) is 24.3 Å². The van der Waals surface area contributed by atoms with Crippen LogP contribution in [0.15, 0.2) is 53.7 Å². The summed E-state index contributed by atoms with van der Waals surface area (Å²) in [6.07, 6.45) is 3.49. The Morgan fingerprint density at radius 2 is 1.93 bits per heavy atom. The van der Waals surface area contributed by atoms with E-state index in [1.54, 1.807) is 19.3 Å². The second-order valence-electron chi connectivity index (χ2n) is 7.13. The van der Waals surface area contributed by atoms with Gasteiger partial charge in [-0.2, -0.15) is 0 Å². The Morgan fingerprint density at radius 1 is 1.23 bits per heavy atom. The number of hydrogen-bond donors (Lipinski definition) is 1. The number of aromatic nitrogens is 1. The largest absolute Gasteiger partial charge is 0.481 e. The Bertz CT molecular complexity index is 1030. The maximum absolute atomic E-state index is 13.3. The average molecular weight is 429 g/mol. The van der Waals surface area contributed by atoms with Gasteiger partial charge in [0.25, 0.3) is 0 Å². The Kier molecular flexibility index (Phi) is 6.75. The molecule has 0 aliphatic carbocycles. The van der Waals surface area contributed by atoms with Gasteiger partial charge in [-0.3, -0.25) is 14.7 Å². The number of aliphatic carboxylic acids is 1. The van der Waals surface area contributed by atoms with E-state index < -0.39 is 20.6 Å². The number of carboxylic acids is 1. The smallest absolute Gasteiger partial charge is 0.325 e. The first-order valence-corrected chi connectivity index (χ1v) is 11.1. The molecular formula is C22H24N2O5S. The van der Waals surface area contributed by atoms with Crippen molar-refractivity contribution in [1.29, 1.82) is 0 Å². The quantitative estimate of drug-likeness (QED) is 0.676. The first-order chi connectivity index (χ1) is 14.4. The fourth-order valence-electron chi connectivity index (χ4n) is 3.55. The van der Waals surface area contributed by atoms with E-state index in [0.29, 0.717) is 25.4 Å². The van der Waals surface area contributed by atoms with Gasteiger partial charge in [-0.1, -0.05) is 12.0 Å². The molecule has 0 radical (unpaired) electrons. The molecular weight excluding hydrogens is 404 g/mol. The van der Waals surface area contributed by atoms with Gasteiger partial charge in [0.1, 0.15) is 12.4 Å². The molecule has 1 aliphatic rings. The summed E-state index contributed by atoms with van der Waals surface area (Å²) in [6, 6.07) is 9.63. The standard InChI is InChI=1S/C22H24N2O5S/c1-2-3-15-29-19-6-8-20(9-7-19)30(27,28)22(21(25)26)10-13-24(14-11-22)17-18-5-4-12-23-16-18/h4-9,12,16H,10-11,13-15,17H2,1H3,(H,25,26).